The molecule has 0 unspecified atom stereocenters. The quantitative estimate of drug-likeness (QED) is 0.609. The average Bonchev–Trinajstić information content (AvgIpc) is 2.62. The Bertz CT molecular complexity index is 633. The summed E-state index contributed by atoms with van der Waals surface area (Å²) < 4.78 is 0. The van der Waals surface area contributed by atoms with Gasteiger partial charge in [-0.25, -0.2) is 5.56 Å². The number of rotatable bonds is 3. The zero-order valence-electron chi connectivity index (χ0n) is 14.0. The van der Waals surface area contributed by atoms with Crippen LogP contribution in [0, 0.1) is 20.2 Å². The second-order valence-electron chi connectivity index (χ2n) is 5.45. The van der Waals surface area contributed by atoms with E-state index in [9.17, 15) is 9.90 Å². The molecule has 0 aromatic carbocycles. The number of piperidine rings is 1. The van der Waals surface area contributed by atoms with Gasteiger partial charge in [-0.05, 0) is 18.7 Å². The Kier molecular flexibility index (Phi) is 8.62. The largest absolute Gasteiger partial charge is 3.00 e. The summed E-state index contributed by atoms with van der Waals surface area (Å²) in [6, 6.07) is 0. The van der Waals surface area contributed by atoms with Gasteiger partial charge in [0, 0.05) is 37.9 Å². The van der Waals surface area contributed by atoms with Crippen molar-refractivity contribution in [2.45, 2.75) is 18.9 Å². The van der Waals surface area contributed by atoms with Crippen LogP contribution in [0.3, 0.4) is 0 Å². The first-order valence-electron chi connectivity index (χ1n) is 7.55. The Morgan fingerprint density at radius 1 is 1.40 bits per heavy atom. The van der Waals surface area contributed by atoms with Crippen molar-refractivity contribution in [3.8, 4) is 0 Å². The van der Waals surface area contributed by atoms with Crippen molar-refractivity contribution in [3.05, 3.63) is 43.2 Å². The smallest absolute Gasteiger partial charge is 0.393 e. The summed E-state index contributed by atoms with van der Waals surface area (Å²) in [6.07, 6.45) is 8.45. The summed E-state index contributed by atoms with van der Waals surface area (Å²) in [4.78, 5) is 25.2. The number of hydrogen-bond donors (Lipinski definition) is 1. The molecule has 8 heteroatoms. The van der Waals surface area contributed by atoms with Crippen LogP contribution in [0.15, 0.2) is 17.4 Å². The standard InChI is InChI=1S/C16H18N4O2S.CH3.Ni/c1-2-12-9-17-11-18-15(12)20-7-8-23-14(10-20)16(22)19-5-3-13(21)4-6-19;;/h1-2,10-11,13,21H,3-8H2;1H3;/q-2;-1;+3. The van der Waals surface area contributed by atoms with Gasteiger partial charge in [-0.2, -0.15) is 0 Å². The number of likely N-dealkylation sites (tertiary alicyclic amines) is 1. The van der Waals surface area contributed by atoms with Gasteiger partial charge in [0.25, 0.3) is 5.91 Å². The molecular weight excluding hydrogens is 383 g/mol. The molecule has 1 amide bonds. The molecule has 1 fully saturated rings. The summed E-state index contributed by atoms with van der Waals surface area (Å²) in [5.41, 5.74) is 0.614. The van der Waals surface area contributed by atoms with E-state index in [0.717, 1.165) is 12.3 Å². The molecule has 1 aromatic rings. The predicted octanol–water partition coefficient (Wildman–Crippen LogP) is 1.55. The molecule has 0 aliphatic carbocycles. The van der Waals surface area contributed by atoms with E-state index in [1.54, 1.807) is 16.7 Å². The van der Waals surface area contributed by atoms with Gasteiger partial charge >= 0.3 is 16.5 Å². The monoisotopic (exact) mass is 403 g/mol. The maximum Gasteiger partial charge on any atom is 3.00 e. The minimum Gasteiger partial charge on any atom is -0.393 e. The van der Waals surface area contributed by atoms with E-state index >= 15 is 0 Å². The van der Waals surface area contributed by atoms with Gasteiger partial charge in [0.15, 0.2) is 0 Å². The van der Waals surface area contributed by atoms with Crippen LogP contribution < -0.4 is 4.90 Å². The van der Waals surface area contributed by atoms with Crippen LogP contribution in [0.1, 0.15) is 18.4 Å². The predicted molar refractivity (Wildman–Crippen MR) is 95.8 cm³/mol. The SMILES string of the molecule is [CH-]=Cc1[c-]ncnc1N1C=C(C(=O)N2CCC(O)CC2)SCC1.[CH3-].[Ni+3]. The molecule has 137 valence electrons. The van der Waals surface area contributed by atoms with Crippen molar-refractivity contribution < 1.29 is 26.4 Å². The Morgan fingerprint density at radius 2 is 2.12 bits per heavy atom. The summed E-state index contributed by atoms with van der Waals surface area (Å²) >= 11 is 1.55. The molecular formula is C17H21N4NiO2S. The summed E-state index contributed by atoms with van der Waals surface area (Å²) in [5, 5.41) is 9.57. The number of hydrogen-bond acceptors (Lipinski definition) is 6. The molecule has 0 atom stereocenters. The number of thioether (sulfide) groups is 1. The maximum atomic E-state index is 12.6. The first-order valence-corrected chi connectivity index (χ1v) is 8.54. The number of amides is 1. The average molecular weight is 404 g/mol. The summed E-state index contributed by atoms with van der Waals surface area (Å²) in [5.74, 6) is 1.47. The minimum absolute atomic E-state index is 0. The molecule has 1 aromatic heterocycles. The van der Waals surface area contributed by atoms with E-state index in [4.69, 9.17) is 6.58 Å². The molecule has 2 aliphatic heterocycles. The fourth-order valence-electron chi connectivity index (χ4n) is 2.65. The first kappa shape index (κ1) is 21.7. The molecule has 3 heterocycles. The van der Waals surface area contributed by atoms with Crippen molar-refractivity contribution in [1.82, 2.24) is 14.9 Å². The van der Waals surface area contributed by atoms with Crippen LogP contribution in [-0.4, -0.2) is 57.4 Å². The number of carbonyl (C=O) groups excluding carboxylic acids is 1. The van der Waals surface area contributed by atoms with E-state index in [1.165, 1.54) is 12.4 Å². The summed E-state index contributed by atoms with van der Waals surface area (Å²) in [7, 11) is 0. The maximum absolute atomic E-state index is 12.6. The number of carbonyl (C=O) groups is 1. The van der Waals surface area contributed by atoms with Gasteiger partial charge in [-0.15, -0.1) is 18.0 Å². The minimum atomic E-state index is -0.289. The number of anilines is 1. The number of aliphatic hydroxyl groups excluding tert-OH is 1. The van der Waals surface area contributed by atoms with Gasteiger partial charge in [0.05, 0.1) is 11.0 Å². The Balaban J connectivity index is 0.00000156. The molecule has 0 saturated carbocycles. The topological polar surface area (TPSA) is 69.6 Å². The van der Waals surface area contributed by atoms with Gasteiger partial charge in [0.1, 0.15) is 0 Å². The molecule has 6 nitrogen and oxygen atoms in total. The molecule has 1 saturated heterocycles. The third kappa shape index (κ3) is 5.06. The second-order valence-corrected chi connectivity index (χ2v) is 6.58. The van der Waals surface area contributed by atoms with E-state index in [-0.39, 0.29) is 35.9 Å². The number of aliphatic hydroxyl groups is 1. The molecule has 25 heavy (non-hydrogen) atoms. The normalized spacial score (nSPS) is 17.9. The van der Waals surface area contributed by atoms with Crippen LogP contribution in [-0.2, 0) is 21.3 Å². The van der Waals surface area contributed by atoms with Crippen LogP contribution in [0.2, 0.25) is 0 Å². The van der Waals surface area contributed by atoms with E-state index < -0.39 is 0 Å². The van der Waals surface area contributed by atoms with Crippen molar-refractivity contribution in [2.75, 3.05) is 30.3 Å². The van der Waals surface area contributed by atoms with Crippen LogP contribution in [0.25, 0.3) is 6.08 Å². The molecule has 1 radical (unpaired) electrons. The van der Waals surface area contributed by atoms with Crippen LogP contribution >= 0.6 is 11.8 Å². The third-order valence-electron chi connectivity index (χ3n) is 3.93. The second kappa shape index (κ2) is 9.95. The van der Waals surface area contributed by atoms with E-state index in [0.29, 0.717) is 42.2 Å². The first-order chi connectivity index (χ1) is 11.2. The van der Waals surface area contributed by atoms with Gasteiger partial charge < -0.3 is 45.0 Å². The number of nitrogens with zero attached hydrogens (tertiary/aromatic N) is 4. The van der Waals surface area contributed by atoms with Gasteiger partial charge in [-0.1, -0.05) is 0 Å². The fourth-order valence-corrected chi connectivity index (χ4v) is 3.61. The van der Waals surface area contributed by atoms with Crippen molar-refractivity contribution in [2.24, 2.45) is 0 Å². The number of aromatic nitrogens is 2. The Labute approximate surface area is 163 Å². The molecule has 3 rings (SSSR count). The molecule has 1 N–H and O–H groups in total. The van der Waals surface area contributed by atoms with Crippen molar-refractivity contribution in [1.29, 1.82) is 0 Å². The molecule has 0 spiro atoms. The van der Waals surface area contributed by atoms with Gasteiger partial charge in [-0.3, -0.25) is 4.79 Å². The molecule has 0 bridgehead atoms. The van der Waals surface area contributed by atoms with Crippen LogP contribution in [0.5, 0.6) is 0 Å². The van der Waals surface area contributed by atoms with E-state index in [1.807, 2.05) is 11.1 Å². The van der Waals surface area contributed by atoms with Crippen molar-refractivity contribution in [3.63, 3.8) is 0 Å². The Hall–Kier alpha value is -1.37. The fraction of sp³-hybridized carbons (Fsp3) is 0.412. The zero-order valence-corrected chi connectivity index (χ0v) is 15.8. The van der Waals surface area contributed by atoms with Gasteiger partial charge in [0.2, 0.25) is 0 Å². The zero-order chi connectivity index (χ0) is 16.2. The van der Waals surface area contributed by atoms with Crippen LogP contribution in [0.4, 0.5) is 5.82 Å². The third-order valence-corrected chi connectivity index (χ3v) is 4.91. The van der Waals surface area contributed by atoms with E-state index in [2.05, 4.69) is 16.2 Å². The summed E-state index contributed by atoms with van der Waals surface area (Å²) in [6.45, 7) is 7.53. The molecule has 2 aliphatic rings. The van der Waals surface area contributed by atoms with Crippen molar-refractivity contribution >= 4 is 29.6 Å². The Morgan fingerprint density at radius 3 is 2.80 bits per heavy atom.